The highest BCUT2D eigenvalue weighted by atomic mass is 32.1. The fraction of sp³-hybridized carbons (Fsp3) is 0.355. The number of benzene rings is 2. The molecule has 1 saturated heterocycles. The smallest absolute Gasteiger partial charge is 0.416 e. The number of nitrogens with one attached hydrogen (secondary N) is 1. The zero-order valence-corrected chi connectivity index (χ0v) is 24.3. The van der Waals surface area contributed by atoms with E-state index in [2.05, 4.69) is 50.9 Å². The van der Waals surface area contributed by atoms with Gasteiger partial charge in [-0.2, -0.15) is 13.2 Å². The van der Waals surface area contributed by atoms with Gasteiger partial charge in [0.25, 0.3) is 0 Å². The minimum absolute atomic E-state index is 0.0196. The molecule has 1 aliphatic heterocycles. The van der Waals surface area contributed by atoms with Crippen LogP contribution in [0.15, 0.2) is 48.8 Å². The number of piperidine rings is 1. The standard InChI is InChI=1S/C31H30F3N5O2S/c1-19(2)17-39-14-5-4-7-23(39)12-10-21-15-22(31(32,33)34)11-13-24(21)25-16-28(36-18-35-25)41-26-8-6-9-27-29(26)38-30(42-27)37-20(3)40/h6,8-9,11,13,15-16,18-19,23H,4-5,7,14,17H2,1-3H3,(H,37,38,40)/t23-/m1/s1. The molecule has 2 aromatic heterocycles. The van der Waals surface area contributed by atoms with Crippen LogP contribution in [0.1, 0.15) is 51.2 Å². The average molecular weight is 594 g/mol. The van der Waals surface area contributed by atoms with E-state index in [0.29, 0.717) is 33.6 Å². The Hall–Kier alpha value is -4.01. The Balaban J connectivity index is 1.49. The first-order valence-electron chi connectivity index (χ1n) is 13.7. The number of ether oxygens (including phenoxy) is 1. The van der Waals surface area contributed by atoms with Crippen LogP contribution in [0.4, 0.5) is 18.3 Å². The molecular weight excluding hydrogens is 563 g/mol. The van der Waals surface area contributed by atoms with Crippen LogP contribution < -0.4 is 10.1 Å². The Labute approximate surface area is 246 Å². The van der Waals surface area contributed by atoms with Crippen LogP contribution in [0, 0.1) is 17.8 Å². The third kappa shape index (κ3) is 7.06. The van der Waals surface area contributed by atoms with Gasteiger partial charge >= 0.3 is 6.18 Å². The van der Waals surface area contributed by atoms with E-state index >= 15 is 0 Å². The van der Waals surface area contributed by atoms with Gasteiger partial charge in [0, 0.05) is 30.7 Å². The van der Waals surface area contributed by atoms with Crippen molar-refractivity contribution in [2.75, 3.05) is 18.4 Å². The lowest BCUT2D eigenvalue weighted by atomic mass is 9.98. The SMILES string of the molecule is CC(=O)Nc1nc2c(Oc3cc(-c4ccc(C(F)(F)F)cc4C#C[C@H]4CCCCN4CC(C)C)ncn3)cccc2s1. The maximum atomic E-state index is 13.7. The number of amides is 1. The molecule has 0 unspecified atom stereocenters. The molecule has 1 N–H and O–H groups in total. The minimum atomic E-state index is -4.51. The van der Waals surface area contributed by atoms with Crippen molar-refractivity contribution in [1.82, 2.24) is 19.9 Å². The number of alkyl halides is 3. The van der Waals surface area contributed by atoms with E-state index < -0.39 is 11.7 Å². The van der Waals surface area contributed by atoms with Crippen LogP contribution in [-0.2, 0) is 11.0 Å². The number of anilines is 1. The van der Waals surface area contributed by atoms with Gasteiger partial charge in [-0.1, -0.05) is 49.2 Å². The Morgan fingerprint density at radius 2 is 2.02 bits per heavy atom. The Morgan fingerprint density at radius 1 is 1.19 bits per heavy atom. The fourth-order valence-electron chi connectivity index (χ4n) is 4.92. The number of halogens is 3. The fourth-order valence-corrected chi connectivity index (χ4v) is 5.84. The molecule has 1 aliphatic rings. The van der Waals surface area contributed by atoms with Gasteiger partial charge in [0.05, 0.1) is 22.0 Å². The summed E-state index contributed by atoms with van der Waals surface area (Å²) in [5, 5.41) is 3.12. The summed E-state index contributed by atoms with van der Waals surface area (Å²) >= 11 is 1.31. The van der Waals surface area contributed by atoms with Crippen LogP contribution in [0.25, 0.3) is 21.5 Å². The quantitative estimate of drug-likeness (QED) is 0.235. The number of carbonyl (C=O) groups excluding carboxylic acids is 1. The maximum Gasteiger partial charge on any atom is 0.416 e. The summed E-state index contributed by atoms with van der Waals surface area (Å²) in [6, 6.07) is 10.4. The van der Waals surface area contributed by atoms with Crippen LogP contribution in [0.5, 0.6) is 11.6 Å². The molecule has 0 spiro atoms. The molecule has 5 rings (SSSR count). The lowest BCUT2D eigenvalue weighted by molar-refractivity contribution is -0.137. The number of carbonyl (C=O) groups is 1. The maximum absolute atomic E-state index is 13.7. The summed E-state index contributed by atoms with van der Waals surface area (Å²) in [4.78, 5) is 26.8. The molecule has 4 aromatic rings. The Morgan fingerprint density at radius 3 is 2.79 bits per heavy atom. The second kappa shape index (κ2) is 12.5. The van der Waals surface area contributed by atoms with Crippen molar-refractivity contribution in [3.63, 3.8) is 0 Å². The van der Waals surface area contributed by atoms with Crippen LogP contribution in [-0.4, -0.2) is 44.9 Å². The predicted molar refractivity (Wildman–Crippen MR) is 157 cm³/mol. The molecule has 0 saturated carbocycles. The third-order valence-corrected chi connectivity index (χ3v) is 7.67. The lowest BCUT2D eigenvalue weighted by Crippen LogP contribution is -2.40. The van der Waals surface area contributed by atoms with E-state index in [4.69, 9.17) is 4.74 Å². The first kappa shape index (κ1) is 29.5. The van der Waals surface area contributed by atoms with E-state index in [1.807, 2.05) is 6.07 Å². The molecular formula is C31H30F3N5O2S. The second-order valence-electron chi connectivity index (χ2n) is 10.6. The molecule has 11 heteroatoms. The van der Waals surface area contributed by atoms with Gasteiger partial charge in [0.15, 0.2) is 10.9 Å². The Kier molecular flexibility index (Phi) is 8.75. The number of hydrogen-bond donors (Lipinski definition) is 1. The van der Waals surface area contributed by atoms with Gasteiger partial charge in [-0.3, -0.25) is 9.69 Å². The summed E-state index contributed by atoms with van der Waals surface area (Å²) in [5.41, 5.74) is 0.852. The molecule has 1 fully saturated rings. The van der Waals surface area contributed by atoms with Gasteiger partial charge in [0.1, 0.15) is 11.8 Å². The first-order valence-corrected chi connectivity index (χ1v) is 14.5. The summed E-state index contributed by atoms with van der Waals surface area (Å²) in [5.74, 6) is 7.18. The van der Waals surface area contributed by atoms with Gasteiger partial charge in [-0.05, 0) is 56.0 Å². The molecule has 0 aliphatic carbocycles. The molecule has 0 bridgehead atoms. The number of likely N-dealkylation sites (tertiary alicyclic amines) is 1. The number of nitrogens with zero attached hydrogens (tertiary/aromatic N) is 4. The first-order chi connectivity index (χ1) is 20.1. The third-order valence-electron chi connectivity index (χ3n) is 6.73. The van der Waals surface area contributed by atoms with Crippen molar-refractivity contribution in [2.45, 2.75) is 52.3 Å². The van der Waals surface area contributed by atoms with E-state index in [9.17, 15) is 18.0 Å². The highest BCUT2D eigenvalue weighted by molar-refractivity contribution is 7.22. The monoisotopic (exact) mass is 593 g/mol. The van der Waals surface area contributed by atoms with Crippen molar-refractivity contribution in [2.24, 2.45) is 5.92 Å². The van der Waals surface area contributed by atoms with E-state index in [0.717, 1.165) is 49.2 Å². The van der Waals surface area contributed by atoms with E-state index in [1.165, 1.54) is 30.7 Å². The zero-order valence-electron chi connectivity index (χ0n) is 23.5. The van der Waals surface area contributed by atoms with Gasteiger partial charge in [-0.25, -0.2) is 15.0 Å². The number of rotatable bonds is 6. The van der Waals surface area contributed by atoms with Gasteiger partial charge < -0.3 is 10.1 Å². The van der Waals surface area contributed by atoms with Crippen LogP contribution in [0.2, 0.25) is 0 Å². The van der Waals surface area contributed by atoms with Crippen molar-refractivity contribution in [3.05, 3.63) is 59.9 Å². The molecule has 2 aromatic carbocycles. The lowest BCUT2D eigenvalue weighted by Gasteiger charge is -2.33. The Bertz CT molecular complexity index is 1660. The number of aromatic nitrogens is 3. The van der Waals surface area contributed by atoms with E-state index in [1.54, 1.807) is 18.2 Å². The topological polar surface area (TPSA) is 80.2 Å². The van der Waals surface area contributed by atoms with Gasteiger partial charge in [-0.15, -0.1) is 0 Å². The van der Waals surface area contributed by atoms with Crippen molar-refractivity contribution in [3.8, 4) is 34.7 Å². The molecule has 42 heavy (non-hydrogen) atoms. The molecule has 218 valence electrons. The highest BCUT2D eigenvalue weighted by Crippen LogP contribution is 2.36. The molecule has 0 radical (unpaired) electrons. The largest absolute Gasteiger partial charge is 0.437 e. The van der Waals surface area contributed by atoms with Crippen molar-refractivity contribution < 1.29 is 22.7 Å². The molecule has 1 amide bonds. The average Bonchev–Trinajstić information content (AvgIpc) is 3.34. The summed E-state index contributed by atoms with van der Waals surface area (Å²) in [6.07, 6.45) is -0.202. The van der Waals surface area contributed by atoms with Crippen LogP contribution in [0.3, 0.4) is 0 Å². The summed E-state index contributed by atoms with van der Waals surface area (Å²) < 4.78 is 47.9. The van der Waals surface area contributed by atoms with Crippen molar-refractivity contribution in [1.29, 1.82) is 0 Å². The van der Waals surface area contributed by atoms with Crippen molar-refractivity contribution >= 4 is 32.6 Å². The predicted octanol–water partition coefficient (Wildman–Crippen LogP) is 7.38. The number of thiazole rings is 1. The van der Waals surface area contributed by atoms with E-state index in [-0.39, 0.29) is 23.4 Å². The molecule has 3 heterocycles. The number of hydrogen-bond acceptors (Lipinski definition) is 7. The second-order valence-corrected chi connectivity index (χ2v) is 11.6. The minimum Gasteiger partial charge on any atom is -0.437 e. The number of para-hydroxylation sites is 1. The van der Waals surface area contributed by atoms with Gasteiger partial charge in [0.2, 0.25) is 11.8 Å². The normalized spacial score (nSPS) is 15.8. The zero-order chi connectivity index (χ0) is 29.9. The number of fused-ring (bicyclic) bond motifs is 1. The summed E-state index contributed by atoms with van der Waals surface area (Å²) in [7, 11) is 0. The summed E-state index contributed by atoms with van der Waals surface area (Å²) in [6.45, 7) is 7.52. The van der Waals surface area contributed by atoms with Crippen LogP contribution >= 0.6 is 11.3 Å². The molecule has 7 nitrogen and oxygen atoms in total. The highest BCUT2D eigenvalue weighted by Gasteiger charge is 2.31. The molecule has 1 atom stereocenters.